The number of benzene rings is 1. The molecule has 162 valence electrons. The van der Waals surface area contributed by atoms with E-state index >= 15 is 0 Å². The predicted molar refractivity (Wildman–Crippen MR) is 114 cm³/mol. The molecule has 1 aliphatic rings. The molecular weight excluding hydrogens is 382 g/mol. The highest BCUT2D eigenvalue weighted by atomic mass is 16.5. The van der Waals surface area contributed by atoms with Crippen LogP contribution in [0.25, 0.3) is 0 Å². The monoisotopic (exact) mass is 413 g/mol. The van der Waals surface area contributed by atoms with E-state index in [-0.39, 0.29) is 17.8 Å². The Hall–Kier alpha value is -2.64. The minimum atomic E-state index is -0.708. The fraction of sp³-hybridized carbons (Fsp3) is 0.478. The molecule has 2 N–H and O–H groups in total. The van der Waals surface area contributed by atoms with Gasteiger partial charge < -0.3 is 19.8 Å². The van der Waals surface area contributed by atoms with E-state index in [9.17, 15) is 9.59 Å². The fourth-order valence-electron chi connectivity index (χ4n) is 3.62. The highest BCUT2D eigenvalue weighted by Gasteiger charge is 2.26. The third-order valence-corrected chi connectivity index (χ3v) is 5.00. The molecule has 2 heterocycles. The normalized spacial score (nSPS) is 18.2. The standard InChI is InChI=1S/C23H31N3O4/c1-17(2)15-26-10-12-29-19(16-26)14-24-22(27)20(13-18-7-4-3-5-8-18)25-23(28)21-9-6-11-30-21/h3-9,11,17,19-20H,10,12-16H2,1-2H3,(H,24,27)(H,25,28). The highest BCUT2D eigenvalue weighted by molar-refractivity contribution is 5.95. The van der Waals surface area contributed by atoms with Gasteiger partial charge in [0.05, 0.1) is 19.0 Å². The molecule has 1 aromatic carbocycles. The Morgan fingerprint density at radius 2 is 1.97 bits per heavy atom. The Morgan fingerprint density at radius 1 is 1.17 bits per heavy atom. The predicted octanol–water partition coefficient (Wildman–Crippen LogP) is 2.09. The van der Waals surface area contributed by atoms with Gasteiger partial charge in [0.1, 0.15) is 6.04 Å². The molecule has 30 heavy (non-hydrogen) atoms. The Bertz CT molecular complexity index is 792. The van der Waals surface area contributed by atoms with Crippen LogP contribution in [0.5, 0.6) is 0 Å². The molecule has 7 nitrogen and oxygen atoms in total. The number of nitrogens with zero attached hydrogens (tertiary/aromatic N) is 1. The molecule has 0 aliphatic carbocycles. The number of hydrogen-bond donors (Lipinski definition) is 2. The smallest absolute Gasteiger partial charge is 0.287 e. The molecule has 0 bridgehead atoms. The second kappa shape index (κ2) is 10.9. The van der Waals surface area contributed by atoms with Crippen molar-refractivity contribution in [2.45, 2.75) is 32.4 Å². The van der Waals surface area contributed by atoms with Crippen molar-refractivity contribution in [2.75, 3.05) is 32.8 Å². The van der Waals surface area contributed by atoms with E-state index in [4.69, 9.17) is 9.15 Å². The Kier molecular flexibility index (Phi) is 8.04. The summed E-state index contributed by atoms with van der Waals surface area (Å²) >= 11 is 0. The van der Waals surface area contributed by atoms with Crippen LogP contribution in [0, 0.1) is 5.92 Å². The van der Waals surface area contributed by atoms with Gasteiger partial charge in [-0.1, -0.05) is 44.2 Å². The first kappa shape index (κ1) is 22.1. The van der Waals surface area contributed by atoms with Gasteiger partial charge in [0.15, 0.2) is 5.76 Å². The quantitative estimate of drug-likeness (QED) is 0.658. The molecule has 7 heteroatoms. The van der Waals surface area contributed by atoms with Gasteiger partial charge in [-0.05, 0) is 23.6 Å². The zero-order valence-corrected chi connectivity index (χ0v) is 17.7. The van der Waals surface area contributed by atoms with Gasteiger partial charge in [-0.3, -0.25) is 14.5 Å². The summed E-state index contributed by atoms with van der Waals surface area (Å²) in [6.45, 7) is 8.19. The van der Waals surface area contributed by atoms with Crippen LogP contribution < -0.4 is 10.6 Å². The van der Waals surface area contributed by atoms with E-state index in [2.05, 4.69) is 29.4 Å². The third kappa shape index (κ3) is 6.71. The lowest BCUT2D eigenvalue weighted by molar-refractivity contribution is -0.124. The Morgan fingerprint density at radius 3 is 2.67 bits per heavy atom. The van der Waals surface area contributed by atoms with Gasteiger partial charge in [-0.25, -0.2) is 0 Å². The number of morpholine rings is 1. The summed E-state index contributed by atoms with van der Waals surface area (Å²) in [5, 5.41) is 5.76. The van der Waals surface area contributed by atoms with Crippen molar-refractivity contribution in [3.05, 3.63) is 60.1 Å². The molecule has 1 saturated heterocycles. The van der Waals surface area contributed by atoms with Crippen molar-refractivity contribution < 1.29 is 18.7 Å². The summed E-state index contributed by atoms with van der Waals surface area (Å²) in [6.07, 6.45) is 1.77. The first-order valence-electron chi connectivity index (χ1n) is 10.5. The SMILES string of the molecule is CC(C)CN1CCOC(CNC(=O)C(Cc2ccccc2)NC(=O)c2ccco2)C1. The van der Waals surface area contributed by atoms with Crippen LogP contribution in [0.2, 0.25) is 0 Å². The molecule has 0 spiro atoms. The fourth-order valence-corrected chi connectivity index (χ4v) is 3.62. The third-order valence-electron chi connectivity index (χ3n) is 5.00. The van der Waals surface area contributed by atoms with Gasteiger partial charge in [-0.15, -0.1) is 0 Å². The first-order chi connectivity index (χ1) is 14.5. The minimum Gasteiger partial charge on any atom is -0.459 e. The molecule has 2 amide bonds. The van der Waals surface area contributed by atoms with Crippen LogP contribution in [-0.4, -0.2) is 61.6 Å². The van der Waals surface area contributed by atoms with E-state index in [0.717, 1.165) is 25.2 Å². The average Bonchev–Trinajstić information content (AvgIpc) is 3.27. The van der Waals surface area contributed by atoms with Crippen LogP contribution >= 0.6 is 0 Å². The van der Waals surface area contributed by atoms with Crippen molar-refractivity contribution in [3.63, 3.8) is 0 Å². The van der Waals surface area contributed by atoms with Crippen LogP contribution in [-0.2, 0) is 16.0 Å². The molecule has 3 rings (SSSR count). The summed E-state index contributed by atoms with van der Waals surface area (Å²) in [5.41, 5.74) is 0.967. The van der Waals surface area contributed by atoms with Gasteiger partial charge in [0, 0.05) is 32.6 Å². The molecule has 1 aliphatic heterocycles. The largest absolute Gasteiger partial charge is 0.459 e. The summed E-state index contributed by atoms with van der Waals surface area (Å²) in [7, 11) is 0. The summed E-state index contributed by atoms with van der Waals surface area (Å²) < 4.78 is 11.0. The van der Waals surface area contributed by atoms with Gasteiger partial charge in [-0.2, -0.15) is 0 Å². The lowest BCUT2D eigenvalue weighted by atomic mass is 10.0. The summed E-state index contributed by atoms with van der Waals surface area (Å²) in [4.78, 5) is 27.7. The van der Waals surface area contributed by atoms with E-state index < -0.39 is 11.9 Å². The number of nitrogens with one attached hydrogen (secondary N) is 2. The lowest BCUT2D eigenvalue weighted by Crippen LogP contribution is -2.52. The zero-order valence-electron chi connectivity index (χ0n) is 17.7. The number of rotatable bonds is 9. The maximum absolute atomic E-state index is 12.9. The van der Waals surface area contributed by atoms with Crippen LogP contribution in [0.1, 0.15) is 30.0 Å². The second-order valence-electron chi connectivity index (χ2n) is 8.08. The first-order valence-corrected chi connectivity index (χ1v) is 10.5. The number of carbonyl (C=O) groups is 2. The van der Waals surface area contributed by atoms with Crippen molar-refractivity contribution in [1.82, 2.24) is 15.5 Å². The molecular formula is C23H31N3O4. The second-order valence-corrected chi connectivity index (χ2v) is 8.08. The summed E-state index contributed by atoms with van der Waals surface area (Å²) in [6, 6.07) is 12.1. The van der Waals surface area contributed by atoms with E-state index in [1.54, 1.807) is 12.1 Å². The molecule has 2 unspecified atom stereocenters. The Balaban J connectivity index is 1.59. The Labute approximate surface area is 177 Å². The van der Waals surface area contributed by atoms with Crippen molar-refractivity contribution in [1.29, 1.82) is 0 Å². The van der Waals surface area contributed by atoms with Crippen LogP contribution in [0.15, 0.2) is 53.1 Å². The van der Waals surface area contributed by atoms with Crippen molar-refractivity contribution in [2.24, 2.45) is 5.92 Å². The molecule has 1 fully saturated rings. The van der Waals surface area contributed by atoms with Crippen LogP contribution in [0.3, 0.4) is 0 Å². The zero-order chi connectivity index (χ0) is 21.3. The van der Waals surface area contributed by atoms with Crippen molar-refractivity contribution >= 4 is 11.8 Å². The van der Waals surface area contributed by atoms with Gasteiger partial charge >= 0.3 is 0 Å². The number of amides is 2. The maximum Gasteiger partial charge on any atom is 0.287 e. The number of hydrogen-bond acceptors (Lipinski definition) is 5. The van der Waals surface area contributed by atoms with Crippen LogP contribution in [0.4, 0.5) is 0 Å². The molecule has 0 radical (unpaired) electrons. The maximum atomic E-state index is 12.9. The number of carbonyl (C=O) groups excluding carboxylic acids is 2. The highest BCUT2D eigenvalue weighted by Crippen LogP contribution is 2.09. The van der Waals surface area contributed by atoms with Gasteiger partial charge in [0.2, 0.25) is 5.91 Å². The molecule has 2 aromatic rings. The average molecular weight is 414 g/mol. The van der Waals surface area contributed by atoms with Crippen molar-refractivity contribution in [3.8, 4) is 0 Å². The van der Waals surface area contributed by atoms with E-state index in [1.165, 1.54) is 6.26 Å². The van der Waals surface area contributed by atoms with Gasteiger partial charge in [0.25, 0.3) is 5.91 Å². The summed E-state index contributed by atoms with van der Waals surface area (Å²) in [5.74, 6) is 0.127. The topological polar surface area (TPSA) is 83.8 Å². The lowest BCUT2D eigenvalue weighted by Gasteiger charge is -2.34. The molecule has 2 atom stereocenters. The van der Waals surface area contributed by atoms with E-state index in [1.807, 2.05) is 30.3 Å². The number of furan rings is 1. The minimum absolute atomic E-state index is 0.0559. The number of ether oxygens (including phenoxy) is 1. The molecule has 1 aromatic heterocycles. The van der Waals surface area contributed by atoms with E-state index in [0.29, 0.717) is 25.5 Å². The molecule has 0 saturated carbocycles.